The lowest BCUT2D eigenvalue weighted by atomic mass is 10.1. The molecule has 0 aliphatic heterocycles. The quantitative estimate of drug-likeness (QED) is 0.854. The van der Waals surface area contributed by atoms with E-state index in [2.05, 4.69) is 24.1 Å². The fourth-order valence-corrected chi connectivity index (χ4v) is 2.46. The molecule has 0 spiro atoms. The maximum atomic E-state index is 12.2. The average molecular weight is 317 g/mol. The van der Waals surface area contributed by atoms with Gasteiger partial charge in [0.25, 0.3) is 5.91 Å². The number of nitrogens with zero attached hydrogens (tertiary/aromatic N) is 1. The normalized spacial score (nSPS) is 10.7. The molecule has 2 rings (SSSR count). The molecule has 2 aromatic carbocycles. The van der Waals surface area contributed by atoms with Gasteiger partial charge in [0, 0.05) is 12.2 Å². The number of rotatable bonds is 6. The molecule has 0 aliphatic rings. The molecule has 4 heteroatoms. The Morgan fingerprint density at radius 2 is 1.68 bits per heavy atom. The van der Waals surface area contributed by atoms with Crippen molar-refractivity contribution >= 4 is 23.2 Å². The van der Waals surface area contributed by atoms with Crippen LogP contribution in [-0.4, -0.2) is 23.9 Å². The van der Waals surface area contributed by atoms with Crippen molar-refractivity contribution in [3.8, 4) is 0 Å². The molecule has 0 fully saturated rings. The first-order valence-corrected chi connectivity index (χ1v) is 7.89. The lowest BCUT2D eigenvalue weighted by Crippen LogP contribution is -2.22. The lowest BCUT2D eigenvalue weighted by molar-refractivity contribution is 0.102. The van der Waals surface area contributed by atoms with Crippen LogP contribution >= 0.6 is 11.6 Å². The standard InChI is InChI=1S/C18H21ClN2O/c1-3-21(4-2)13-14-9-11-15(12-10-14)20-18(22)16-7-5-6-8-17(16)19/h5-12H,3-4,13H2,1-2H3,(H,20,22). The maximum Gasteiger partial charge on any atom is 0.257 e. The minimum Gasteiger partial charge on any atom is -0.322 e. The van der Waals surface area contributed by atoms with Crippen molar-refractivity contribution in [1.29, 1.82) is 0 Å². The first-order valence-electron chi connectivity index (χ1n) is 7.51. The average Bonchev–Trinajstić information content (AvgIpc) is 2.54. The Morgan fingerprint density at radius 1 is 1.05 bits per heavy atom. The molecular formula is C18H21ClN2O. The Morgan fingerprint density at radius 3 is 2.27 bits per heavy atom. The number of anilines is 1. The minimum atomic E-state index is -0.193. The first-order chi connectivity index (χ1) is 10.6. The molecule has 22 heavy (non-hydrogen) atoms. The number of benzene rings is 2. The Balaban J connectivity index is 2.02. The highest BCUT2D eigenvalue weighted by atomic mass is 35.5. The molecule has 0 radical (unpaired) electrons. The minimum absolute atomic E-state index is 0.193. The summed E-state index contributed by atoms with van der Waals surface area (Å²) in [5, 5.41) is 3.33. The summed E-state index contributed by atoms with van der Waals surface area (Å²) < 4.78 is 0. The maximum absolute atomic E-state index is 12.2. The number of hydrogen-bond acceptors (Lipinski definition) is 2. The summed E-state index contributed by atoms with van der Waals surface area (Å²) in [6, 6.07) is 15.0. The summed E-state index contributed by atoms with van der Waals surface area (Å²) in [4.78, 5) is 14.5. The summed E-state index contributed by atoms with van der Waals surface area (Å²) in [5.41, 5.74) is 2.49. The van der Waals surface area contributed by atoms with Crippen LogP contribution in [-0.2, 0) is 6.54 Å². The molecule has 0 unspecified atom stereocenters. The van der Waals surface area contributed by atoms with Gasteiger partial charge in [-0.3, -0.25) is 9.69 Å². The zero-order valence-corrected chi connectivity index (χ0v) is 13.7. The van der Waals surface area contributed by atoms with Crippen molar-refractivity contribution in [1.82, 2.24) is 4.90 Å². The van der Waals surface area contributed by atoms with E-state index < -0.39 is 0 Å². The van der Waals surface area contributed by atoms with Crippen LogP contribution in [0.2, 0.25) is 5.02 Å². The van der Waals surface area contributed by atoms with Gasteiger partial charge in [0.2, 0.25) is 0 Å². The van der Waals surface area contributed by atoms with Crippen LogP contribution in [0.3, 0.4) is 0 Å². The van der Waals surface area contributed by atoms with Crippen molar-refractivity contribution in [3.05, 3.63) is 64.7 Å². The molecule has 0 aromatic heterocycles. The van der Waals surface area contributed by atoms with E-state index in [9.17, 15) is 4.79 Å². The van der Waals surface area contributed by atoms with E-state index in [1.165, 1.54) is 5.56 Å². The molecule has 1 amide bonds. The zero-order valence-electron chi connectivity index (χ0n) is 13.0. The topological polar surface area (TPSA) is 32.3 Å². The van der Waals surface area contributed by atoms with Gasteiger partial charge < -0.3 is 5.32 Å². The van der Waals surface area contributed by atoms with Crippen LogP contribution in [0.4, 0.5) is 5.69 Å². The highest BCUT2D eigenvalue weighted by Gasteiger charge is 2.09. The van der Waals surface area contributed by atoms with Crippen molar-refractivity contribution in [2.24, 2.45) is 0 Å². The molecule has 0 heterocycles. The fraction of sp³-hybridized carbons (Fsp3) is 0.278. The summed E-state index contributed by atoms with van der Waals surface area (Å²) >= 11 is 6.03. The smallest absolute Gasteiger partial charge is 0.257 e. The van der Waals surface area contributed by atoms with Gasteiger partial charge in [-0.15, -0.1) is 0 Å². The van der Waals surface area contributed by atoms with E-state index in [4.69, 9.17) is 11.6 Å². The summed E-state index contributed by atoms with van der Waals surface area (Å²) in [5.74, 6) is -0.193. The van der Waals surface area contributed by atoms with Crippen LogP contribution in [0, 0.1) is 0 Å². The van der Waals surface area contributed by atoms with Crippen molar-refractivity contribution in [2.45, 2.75) is 20.4 Å². The third kappa shape index (κ3) is 4.33. The van der Waals surface area contributed by atoms with E-state index in [1.54, 1.807) is 24.3 Å². The monoisotopic (exact) mass is 316 g/mol. The second kappa shape index (κ2) is 7.97. The van der Waals surface area contributed by atoms with Gasteiger partial charge in [0.15, 0.2) is 0 Å². The molecule has 0 saturated carbocycles. The number of halogens is 1. The Hall–Kier alpha value is -1.84. The van der Waals surface area contributed by atoms with Gasteiger partial charge in [-0.2, -0.15) is 0 Å². The molecule has 0 saturated heterocycles. The summed E-state index contributed by atoms with van der Waals surface area (Å²) in [6.45, 7) is 7.29. The number of amides is 1. The molecule has 0 aliphatic carbocycles. The largest absolute Gasteiger partial charge is 0.322 e. The highest BCUT2D eigenvalue weighted by Crippen LogP contribution is 2.18. The SMILES string of the molecule is CCN(CC)Cc1ccc(NC(=O)c2ccccc2Cl)cc1. The van der Waals surface area contributed by atoms with Crippen LogP contribution in [0.25, 0.3) is 0 Å². The lowest BCUT2D eigenvalue weighted by Gasteiger charge is -2.18. The van der Waals surface area contributed by atoms with Crippen LogP contribution in [0.15, 0.2) is 48.5 Å². The van der Waals surface area contributed by atoms with Gasteiger partial charge in [0.1, 0.15) is 0 Å². The van der Waals surface area contributed by atoms with E-state index in [0.29, 0.717) is 10.6 Å². The van der Waals surface area contributed by atoms with Gasteiger partial charge in [0.05, 0.1) is 10.6 Å². The predicted molar refractivity (Wildman–Crippen MR) is 92.5 cm³/mol. The first kappa shape index (κ1) is 16.5. The molecular weight excluding hydrogens is 296 g/mol. The second-order valence-corrected chi connectivity index (χ2v) is 5.50. The fourth-order valence-electron chi connectivity index (χ4n) is 2.24. The number of carbonyl (C=O) groups is 1. The molecule has 1 N–H and O–H groups in total. The Bertz CT molecular complexity index is 621. The second-order valence-electron chi connectivity index (χ2n) is 5.09. The molecule has 0 bridgehead atoms. The number of nitrogens with one attached hydrogen (secondary N) is 1. The Kier molecular flexibility index (Phi) is 5.99. The Labute approximate surface area is 136 Å². The van der Waals surface area contributed by atoms with E-state index in [1.807, 2.05) is 24.3 Å². The number of hydrogen-bond donors (Lipinski definition) is 1. The third-order valence-electron chi connectivity index (χ3n) is 3.63. The van der Waals surface area contributed by atoms with Gasteiger partial charge in [-0.05, 0) is 42.9 Å². The molecule has 0 atom stereocenters. The van der Waals surface area contributed by atoms with E-state index in [0.717, 1.165) is 25.3 Å². The molecule has 3 nitrogen and oxygen atoms in total. The van der Waals surface area contributed by atoms with Gasteiger partial charge in [-0.1, -0.05) is 49.7 Å². The highest BCUT2D eigenvalue weighted by molar-refractivity contribution is 6.34. The van der Waals surface area contributed by atoms with Crippen molar-refractivity contribution in [3.63, 3.8) is 0 Å². The molecule has 2 aromatic rings. The third-order valence-corrected chi connectivity index (χ3v) is 3.96. The van der Waals surface area contributed by atoms with Crippen molar-refractivity contribution < 1.29 is 4.79 Å². The van der Waals surface area contributed by atoms with Crippen LogP contribution < -0.4 is 5.32 Å². The predicted octanol–water partition coefficient (Wildman–Crippen LogP) is 4.43. The van der Waals surface area contributed by atoms with Gasteiger partial charge in [-0.25, -0.2) is 0 Å². The van der Waals surface area contributed by atoms with Crippen LogP contribution in [0.1, 0.15) is 29.8 Å². The zero-order chi connectivity index (χ0) is 15.9. The van der Waals surface area contributed by atoms with Gasteiger partial charge >= 0.3 is 0 Å². The van der Waals surface area contributed by atoms with Crippen molar-refractivity contribution in [2.75, 3.05) is 18.4 Å². The van der Waals surface area contributed by atoms with Crippen LogP contribution in [0.5, 0.6) is 0 Å². The van der Waals surface area contributed by atoms with E-state index in [-0.39, 0.29) is 5.91 Å². The number of carbonyl (C=O) groups excluding carboxylic acids is 1. The molecule has 116 valence electrons. The summed E-state index contributed by atoms with van der Waals surface area (Å²) in [6.07, 6.45) is 0. The van der Waals surface area contributed by atoms with E-state index >= 15 is 0 Å². The summed E-state index contributed by atoms with van der Waals surface area (Å²) in [7, 11) is 0.